The fourth-order valence-electron chi connectivity index (χ4n) is 1.39. The third kappa shape index (κ3) is 3.71. The van der Waals surface area contributed by atoms with Crippen molar-refractivity contribution >= 4 is 5.91 Å². The number of nitrogens with two attached hydrogens (primary N) is 1. The van der Waals surface area contributed by atoms with Crippen molar-refractivity contribution in [2.24, 2.45) is 11.8 Å². The van der Waals surface area contributed by atoms with E-state index in [0.29, 0.717) is 6.54 Å². The lowest BCUT2D eigenvalue weighted by atomic mass is 10.0. The van der Waals surface area contributed by atoms with Gasteiger partial charge in [0.25, 0.3) is 5.91 Å². The molecule has 0 spiro atoms. The first-order valence-corrected chi connectivity index (χ1v) is 4.36. The molecule has 0 aromatic heterocycles. The molecule has 0 rings (SSSR count). The number of aliphatic hydroxyl groups is 1. The molecule has 5 nitrogen and oxygen atoms in total. The SMILES string of the molecule is CC(C)C(C(=O)NN)N(C)CCO. The summed E-state index contributed by atoms with van der Waals surface area (Å²) in [6.45, 7) is 4.38. The second-order valence-corrected chi connectivity index (χ2v) is 3.40. The molecule has 0 aromatic rings. The minimum atomic E-state index is -0.280. The standard InChI is InChI=1S/C8H19N3O2/c1-6(2)7(8(13)10-9)11(3)4-5-12/h6-7,12H,4-5,9H2,1-3H3,(H,10,13). The van der Waals surface area contributed by atoms with Crippen LogP contribution in [0.3, 0.4) is 0 Å². The number of nitrogens with zero attached hydrogens (tertiary/aromatic N) is 1. The van der Waals surface area contributed by atoms with Crippen molar-refractivity contribution in [3.63, 3.8) is 0 Å². The molecule has 0 bridgehead atoms. The molecule has 0 aromatic carbocycles. The molecule has 0 radical (unpaired) electrons. The van der Waals surface area contributed by atoms with Crippen LogP contribution in [0.15, 0.2) is 0 Å². The van der Waals surface area contributed by atoms with Gasteiger partial charge in [0.2, 0.25) is 0 Å². The summed E-state index contributed by atoms with van der Waals surface area (Å²) in [6.07, 6.45) is 0. The van der Waals surface area contributed by atoms with Crippen LogP contribution < -0.4 is 11.3 Å². The summed E-state index contributed by atoms with van der Waals surface area (Å²) in [7, 11) is 1.79. The lowest BCUT2D eigenvalue weighted by Gasteiger charge is -2.28. The maximum absolute atomic E-state index is 11.3. The van der Waals surface area contributed by atoms with Crippen molar-refractivity contribution in [2.75, 3.05) is 20.2 Å². The number of nitrogens with one attached hydrogen (secondary N) is 1. The van der Waals surface area contributed by atoms with Gasteiger partial charge in [-0.25, -0.2) is 5.84 Å². The van der Waals surface area contributed by atoms with Crippen molar-refractivity contribution < 1.29 is 9.90 Å². The van der Waals surface area contributed by atoms with E-state index in [0.717, 1.165) is 0 Å². The minimum Gasteiger partial charge on any atom is -0.395 e. The van der Waals surface area contributed by atoms with Gasteiger partial charge in [-0.15, -0.1) is 0 Å². The molecular weight excluding hydrogens is 170 g/mol. The molecule has 0 aliphatic carbocycles. The van der Waals surface area contributed by atoms with Gasteiger partial charge >= 0.3 is 0 Å². The number of carbonyl (C=O) groups excluding carboxylic acids is 1. The fourth-order valence-corrected chi connectivity index (χ4v) is 1.39. The predicted molar refractivity (Wildman–Crippen MR) is 50.7 cm³/mol. The monoisotopic (exact) mass is 189 g/mol. The van der Waals surface area contributed by atoms with E-state index in [4.69, 9.17) is 10.9 Å². The quantitative estimate of drug-likeness (QED) is 0.292. The van der Waals surface area contributed by atoms with Crippen LogP contribution in [0.4, 0.5) is 0 Å². The van der Waals surface area contributed by atoms with E-state index in [9.17, 15) is 4.79 Å². The van der Waals surface area contributed by atoms with Gasteiger partial charge < -0.3 is 5.11 Å². The van der Waals surface area contributed by atoms with Gasteiger partial charge in [-0.3, -0.25) is 15.1 Å². The van der Waals surface area contributed by atoms with Gasteiger partial charge in [0.15, 0.2) is 0 Å². The summed E-state index contributed by atoms with van der Waals surface area (Å²) in [5.41, 5.74) is 2.12. The smallest absolute Gasteiger partial charge is 0.251 e. The summed E-state index contributed by atoms with van der Waals surface area (Å²) in [6, 6.07) is -0.280. The van der Waals surface area contributed by atoms with Gasteiger partial charge in [-0.2, -0.15) is 0 Å². The zero-order valence-corrected chi connectivity index (χ0v) is 8.45. The van der Waals surface area contributed by atoms with E-state index in [1.165, 1.54) is 0 Å². The van der Waals surface area contributed by atoms with Crippen LogP contribution in [-0.4, -0.2) is 42.2 Å². The molecule has 0 saturated carbocycles. The molecule has 13 heavy (non-hydrogen) atoms. The lowest BCUT2D eigenvalue weighted by Crippen LogP contribution is -2.51. The van der Waals surface area contributed by atoms with Crippen molar-refractivity contribution in [1.29, 1.82) is 0 Å². The zero-order chi connectivity index (χ0) is 10.4. The molecule has 5 heteroatoms. The zero-order valence-electron chi connectivity index (χ0n) is 8.45. The van der Waals surface area contributed by atoms with Crippen LogP contribution in [0.1, 0.15) is 13.8 Å². The summed E-state index contributed by atoms with van der Waals surface area (Å²) in [5.74, 6) is 5.01. The van der Waals surface area contributed by atoms with Gasteiger partial charge in [-0.05, 0) is 13.0 Å². The van der Waals surface area contributed by atoms with Crippen LogP contribution in [0.25, 0.3) is 0 Å². The van der Waals surface area contributed by atoms with Gasteiger partial charge in [0.05, 0.1) is 12.6 Å². The molecule has 0 fully saturated rings. The Morgan fingerprint density at radius 3 is 2.46 bits per heavy atom. The Labute approximate surface area is 78.9 Å². The van der Waals surface area contributed by atoms with E-state index in [2.05, 4.69) is 5.43 Å². The largest absolute Gasteiger partial charge is 0.395 e. The molecule has 0 aliphatic rings. The molecule has 0 saturated heterocycles. The van der Waals surface area contributed by atoms with E-state index in [1.54, 1.807) is 11.9 Å². The third-order valence-corrected chi connectivity index (χ3v) is 1.97. The second-order valence-electron chi connectivity index (χ2n) is 3.40. The van der Waals surface area contributed by atoms with Crippen molar-refractivity contribution in [2.45, 2.75) is 19.9 Å². The van der Waals surface area contributed by atoms with E-state index in [-0.39, 0.29) is 24.5 Å². The number of carbonyl (C=O) groups is 1. The molecule has 78 valence electrons. The number of hydrogen-bond acceptors (Lipinski definition) is 4. The Balaban J connectivity index is 4.32. The first-order valence-electron chi connectivity index (χ1n) is 4.36. The van der Waals surface area contributed by atoms with E-state index >= 15 is 0 Å². The van der Waals surface area contributed by atoms with Crippen molar-refractivity contribution in [3.05, 3.63) is 0 Å². The Bertz CT molecular complexity index is 161. The van der Waals surface area contributed by atoms with E-state index in [1.807, 2.05) is 13.8 Å². The van der Waals surface area contributed by atoms with Crippen LogP contribution in [0.2, 0.25) is 0 Å². The fraction of sp³-hybridized carbons (Fsp3) is 0.875. The first-order chi connectivity index (χ1) is 6.04. The molecule has 0 heterocycles. The minimum absolute atomic E-state index is 0.0393. The summed E-state index contributed by atoms with van der Waals surface area (Å²) in [4.78, 5) is 13.1. The highest BCUT2D eigenvalue weighted by Crippen LogP contribution is 2.08. The number of hydrazine groups is 1. The van der Waals surface area contributed by atoms with Crippen LogP contribution in [0, 0.1) is 5.92 Å². The summed E-state index contributed by atoms with van der Waals surface area (Å²) in [5, 5.41) is 8.72. The molecular formula is C8H19N3O2. The number of rotatable bonds is 5. The Kier molecular flexibility index (Phi) is 5.61. The summed E-state index contributed by atoms with van der Waals surface area (Å²) >= 11 is 0. The molecule has 1 amide bonds. The average Bonchev–Trinajstić information content (AvgIpc) is 2.04. The highest BCUT2D eigenvalue weighted by molar-refractivity contribution is 5.81. The Morgan fingerprint density at radius 1 is 1.62 bits per heavy atom. The highest BCUT2D eigenvalue weighted by atomic mass is 16.3. The third-order valence-electron chi connectivity index (χ3n) is 1.97. The molecule has 4 N–H and O–H groups in total. The van der Waals surface area contributed by atoms with E-state index < -0.39 is 0 Å². The predicted octanol–water partition coefficient (Wildman–Crippen LogP) is -1.07. The molecule has 1 atom stereocenters. The first kappa shape index (κ1) is 12.3. The summed E-state index contributed by atoms with van der Waals surface area (Å²) < 4.78 is 0. The van der Waals surface area contributed by atoms with Crippen LogP contribution in [0.5, 0.6) is 0 Å². The maximum atomic E-state index is 11.3. The van der Waals surface area contributed by atoms with Crippen LogP contribution >= 0.6 is 0 Å². The van der Waals surface area contributed by atoms with Crippen molar-refractivity contribution in [3.8, 4) is 0 Å². The maximum Gasteiger partial charge on any atom is 0.251 e. The number of amides is 1. The van der Waals surface area contributed by atoms with Crippen molar-refractivity contribution in [1.82, 2.24) is 10.3 Å². The average molecular weight is 189 g/mol. The number of aliphatic hydroxyl groups excluding tert-OH is 1. The number of likely N-dealkylation sites (N-methyl/N-ethyl adjacent to an activating group) is 1. The molecule has 0 aliphatic heterocycles. The number of hydrogen-bond donors (Lipinski definition) is 3. The normalized spacial score (nSPS) is 13.5. The second kappa shape index (κ2) is 5.90. The molecule has 1 unspecified atom stereocenters. The van der Waals surface area contributed by atoms with Crippen LogP contribution in [-0.2, 0) is 4.79 Å². The van der Waals surface area contributed by atoms with Gasteiger partial charge in [0.1, 0.15) is 0 Å². The van der Waals surface area contributed by atoms with Gasteiger partial charge in [0, 0.05) is 6.54 Å². The lowest BCUT2D eigenvalue weighted by molar-refractivity contribution is -0.127. The highest BCUT2D eigenvalue weighted by Gasteiger charge is 2.25. The topological polar surface area (TPSA) is 78.6 Å². The Morgan fingerprint density at radius 2 is 2.15 bits per heavy atom. The Hall–Kier alpha value is -0.650. The van der Waals surface area contributed by atoms with Gasteiger partial charge in [-0.1, -0.05) is 13.8 Å².